The molecule has 3 atom stereocenters. The lowest BCUT2D eigenvalue weighted by Crippen LogP contribution is -2.36. The minimum absolute atomic E-state index is 0.0310. The van der Waals surface area contributed by atoms with Crippen LogP contribution in [0.15, 0.2) is 21.1 Å². The summed E-state index contributed by atoms with van der Waals surface area (Å²) >= 11 is 10.4. The molecule has 7 heteroatoms. The minimum Gasteiger partial charge on any atom is -0.494 e. The number of aliphatic hydroxyl groups excluding tert-OH is 1. The molecule has 116 valence electrons. The van der Waals surface area contributed by atoms with Crippen LogP contribution in [-0.4, -0.2) is 35.6 Å². The third-order valence-electron chi connectivity index (χ3n) is 3.55. The fourth-order valence-electron chi connectivity index (χ4n) is 2.43. The van der Waals surface area contributed by atoms with E-state index in [0.717, 1.165) is 20.3 Å². The van der Waals surface area contributed by atoms with E-state index in [0.29, 0.717) is 19.4 Å². The zero-order chi connectivity index (χ0) is 15.6. The topological polar surface area (TPSA) is 58.6 Å². The number of alkyl halides is 1. The summed E-state index contributed by atoms with van der Waals surface area (Å²) in [6.07, 6.45) is 0.577. The highest BCUT2D eigenvalue weighted by Crippen LogP contribution is 2.36. The third-order valence-corrected chi connectivity index (χ3v) is 5.97. The summed E-state index contributed by atoms with van der Waals surface area (Å²) in [7, 11) is 1.61. The fraction of sp³-hybridized carbons (Fsp3) is 0.500. The van der Waals surface area contributed by atoms with Gasteiger partial charge in [-0.2, -0.15) is 0 Å². The molecule has 1 aromatic rings. The van der Waals surface area contributed by atoms with Gasteiger partial charge in [0.05, 0.1) is 32.9 Å². The Balaban J connectivity index is 2.25. The predicted molar refractivity (Wildman–Crippen MR) is 91.9 cm³/mol. The van der Waals surface area contributed by atoms with Gasteiger partial charge in [0.25, 0.3) is 0 Å². The first-order chi connectivity index (χ1) is 9.93. The highest BCUT2D eigenvalue weighted by Gasteiger charge is 2.34. The summed E-state index contributed by atoms with van der Waals surface area (Å²) in [5, 5.41) is 12.9. The average molecular weight is 486 g/mol. The van der Waals surface area contributed by atoms with Gasteiger partial charge in [-0.1, -0.05) is 15.9 Å². The number of benzene rings is 1. The van der Waals surface area contributed by atoms with Gasteiger partial charge in [-0.05, 0) is 62.4 Å². The zero-order valence-electron chi connectivity index (χ0n) is 11.4. The van der Waals surface area contributed by atoms with Crippen molar-refractivity contribution in [3.63, 3.8) is 0 Å². The number of nitrogens with one attached hydrogen (secondary N) is 1. The Morgan fingerprint density at radius 3 is 2.57 bits per heavy atom. The minimum atomic E-state index is -0.529. The first-order valence-corrected chi connectivity index (χ1v) is 9.06. The molecule has 0 aliphatic carbocycles. The van der Waals surface area contributed by atoms with E-state index in [9.17, 15) is 9.90 Å². The average Bonchev–Trinajstić information content (AvgIpc) is 2.53. The van der Waals surface area contributed by atoms with Crippen molar-refractivity contribution >= 4 is 53.7 Å². The molecule has 4 nitrogen and oxygen atoms in total. The number of hydrogen-bond donors (Lipinski definition) is 2. The maximum Gasteiger partial charge on any atom is 0.224 e. The van der Waals surface area contributed by atoms with Crippen LogP contribution in [0, 0.1) is 5.92 Å². The Morgan fingerprint density at radius 2 is 2.00 bits per heavy atom. The van der Waals surface area contributed by atoms with Gasteiger partial charge >= 0.3 is 0 Å². The smallest absolute Gasteiger partial charge is 0.224 e. The van der Waals surface area contributed by atoms with Crippen LogP contribution in [0.3, 0.4) is 0 Å². The molecule has 3 unspecified atom stereocenters. The summed E-state index contributed by atoms with van der Waals surface area (Å²) < 4.78 is 6.94. The van der Waals surface area contributed by atoms with Crippen molar-refractivity contribution in [1.29, 1.82) is 0 Å². The molecule has 2 rings (SSSR count). The lowest BCUT2D eigenvalue weighted by molar-refractivity contribution is -0.124. The number of amides is 1. The molecular formula is C14H16Br3NO3. The lowest BCUT2D eigenvalue weighted by atomic mass is 9.93. The monoisotopic (exact) mass is 483 g/mol. The molecular weight excluding hydrogens is 470 g/mol. The van der Waals surface area contributed by atoms with Crippen LogP contribution in [0.25, 0.3) is 0 Å². The van der Waals surface area contributed by atoms with Gasteiger partial charge in [-0.15, -0.1) is 0 Å². The number of rotatable bonds is 3. The lowest BCUT2D eigenvalue weighted by Gasteiger charge is -2.22. The number of hydrogen-bond acceptors (Lipinski definition) is 3. The molecule has 0 aromatic heterocycles. The zero-order valence-corrected chi connectivity index (χ0v) is 16.2. The molecule has 21 heavy (non-hydrogen) atoms. The number of carbonyl (C=O) groups is 1. The SMILES string of the molecule is COc1c(Br)cc(CC2C(=O)NCCC(O)C2Br)cc1Br. The van der Waals surface area contributed by atoms with E-state index in [1.54, 1.807) is 7.11 Å². The van der Waals surface area contributed by atoms with Crippen LogP contribution in [-0.2, 0) is 11.2 Å². The van der Waals surface area contributed by atoms with Crippen molar-refractivity contribution in [3.8, 4) is 5.75 Å². The molecule has 0 spiro atoms. The molecule has 0 bridgehead atoms. The molecule has 1 saturated heterocycles. The standard InChI is InChI=1S/C14H16Br3NO3/c1-21-13-9(15)5-7(6-10(13)16)4-8-12(17)11(19)2-3-18-14(8)20/h5-6,8,11-12,19H,2-4H2,1H3,(H,18,20). The maximum absolute atomic E-state index is 12.2. The van der Waals surface area contributed by atoms with Gasteiger partial charge in [0, 0.05) is 6.54 Å². The van der Waals surface area contributed by atoms with Gasteiger partial charge in [-0.25, -0.2) is 0 Å². The number of ether oxygens (including phenoxy) is 1. The van der Waals surface area contributed by atoms with Crippen molar-refractivity contribution in [1.82, 2.24) is 5.32 Å². The van der Waals surface area contributed by atoms with Crippen molar-refractivity contribution in [2.24, 2.45) is 5.92 Å². The normalized spacial score (nSPS) is 26.1. The highest BCUT2D eigenvalue weighted by molar-refractivity contribution is 9.11. The van der Waals surface area contributed by atoms with Gasteiger partial charge < -0.3 is 15.2 Å². The molecule has 1 heterocycles. The van der Waals surface area contributed by atoms with Crippen LogP contribution in [0.1, 0.15) is 12.0 Å². The van der Waals surface area contributed by atoms with Crippen LogP contribution < -0.4 is 10.1 Å². The van der Waals surface area contributed by atoms with Crippen LogP contribution in [0.2, 0.25) is 0 Å². The van der Waals surface area contributed by atoms with E-state index < -0.39 is 6.10 Å². The van der Waals surface area contributed by atoms with Gasteiger partial charge in [0.2, 0.25) is 5.91 Å². The Bertz CT molecular complexity index is 515. The summed E-state index contributed by atoms with van der Waals surface area (Å²) in [5.41, 5.74) is 0.994. The second-order valence-electron chi connectivity index (χ2n) is 4.99. The van der Waals surface area contributed by atoms with E-state index in [1.165, 1.54) is 0 Å². The number of carbonyl (C=O) groups excluding carboxylic acids is 1. The molecule has 1 aliphatic rings. The Kier molecular flexibility index (Phi) is 6.11. The molecule has 0 saturated carbocycles. The first kappa shape index (κ1) is 17.2. The van der Waals surface area contributed by atoms with E-state index in [1.807, 2.05) is 12.1 Å². The van der Waals surface area contributed by atoms with E-state index in [-0.39, 0.29) is 16.7 Å². The van der Waals surface area contributed by atoms with Crippen molar-refractivity contribution in [3.05, 3.63) is 26.6 Å². The summed E-state index contributed by atoms with van der Waals surface area (Å²) in [6, 6.07) is 3.88. The van der Waals surface area contributed by atoms with Crippen molar-refractivity contribution in [2.75, 3.05) is 13.7 Å². The quantitative estimate of drug-likeness (QED) is 0.647. The number of halogens is 3. The summed E-state index contributed by atoms with van der Waals surface area (Å²) in [4.78, 5) is 11.9. The maximum atomic E-state index is 12.2. The molecule has 0 radical (unpaired) electrons. The number of aliphatic hydroxyl groups is 1. The van der Waals surface area contributed by atoms with Crippen molar-refractivity contribution in [2.45, 2.75) is 23.8 Å². The summed E-state index contributed by atoms with van der Waals surface area (Å²) in [6.45, 7) is 0.509. The highest BCUT2D eigenvalue weighted by atomic mass is 79.9. The Hall–Kier alpha value is -0.110. The molecule has 1 fully saturated rings. The van der Waals surface area contributed by atoms with Crippen LogP contribution in [0.4, 0.5) is 0 Å². The molecule has 1 aliphatic heterocycles. The molecule has 2 N–H and O–H groups in total. The second-order valence-corrected chi connectivity index (χ2v) is 7.76. The Labute approximate surface area is 149 Å². The molecule has 1 amide bonds. The first-order valence-electron chi connectivity index (χ1n) is 6.55. The van der Waals surface area contributed by atoms with Gasteiger partial charge in [-0.3, -0.25) is 4.79 Å². The summed E-state index contributed by atoms with van der Waals surface area (Å²) in [5.74, 6) is 0.380. The van der Waals surface area contributed by atoms with E-state index in [4.69, 9.17) is 4.74 Å². The van der Waals surface area contributed by atoms with E-state index in [2.05, 4.69) is 53.1 Å². The Morgan fingerprint density at radius 1 is 1.38 bits per heavy atom. The van der Waals surface area contributed by atoms with Gasteiger partial charge in [0.1, 0.15) is 5.75 Å². The van der Waals surface area contributed by atoms with E-state index >= 15 is 0 Å². The predicted octanol–water partition coefficient (Wildman–Crippen LogP) is 3.02. The number of methoxy groups -OCH3 is 1. The third kappa shape index (κ3) is 4.00. The van der Waals surface area contributed by atoms with Crippen LogP contribution in [0.5, 0.6) is 5.75 Å². The molecule has 1 aromatic carbocycles. The second kappa shape index (κ2) is 7.44. The van der Waals surface area contributed by atoms with Gasteiger partial charge in [0.15, 0.2) is 0 Å². The van der Waals surface area contributed by atoms with Crippen molar-refractivity contribution < 1.29 is 14.6 Å². The van der Waals surface area contributed by atoms with Crippen LogP contribution >= 0.6 is 47.8 Å². The largest absolute Gasteiger partial charge is 0.494 e. The fourth-order valence-corrected chi connectivity index (χ4v) is 4.73.